The number of benzene rings is 1. The molecule has 1 rings (SSSR count). The van der Waals surface area contributed by atoms with E-state index in [4.69, 9.17) is 10.9 Å². The molecule has 0 saturated heterocycles. The third kappa shape index (κ3) is 3.21. The molecule has 1 atom stereocenters. The predicted octanol–water partition coefficient (Wildman–Crippen LogP) is 1.78. The Labute approximate surface area is 111 Å². The summed E-state index contributed by atoms with van der Waals surface area (Å²) < 4.78 is 13.6. The van der Waals surface area contributed by atoms with Crippen LogP contribution in [-0.2, 0) is 0 Å². The molecular formula is C13H18FN3O2. The van der Waals surface area contributed by atoms with Crippen molar-refractivity contribution in [3.05, 3.63) is 35.1 Å². The molecule has 6 heteroatoms. The van der Waals surface area contributed by atoms with E-state index in [0.29, 0.717) is 6.42 Å². The van der Waals surface area contributed by atoms with Gasteiger partial charge in [-0.1, -0.05) is 23.7 Å². The van der Waals surface area contributed by atoms with Gasteiger partial charge in [-0.05, 0) is 32.4 Å². The molecule has 19 heavy (non-hydrogen) atoms. The molecule has 0 bridgehead atoms. The fourth-order valence-corrected chi connectivity index (χ4v) is 1.57. The van der Waals surface area contributed by atoms with Gasteiger partial charge in [-0.25, -0.2) is 4.39 Å². The van der Waals surface area contributed by atoms with Crippen LogP contribution in [0.2, 0.25) is 0 Å². The average molecular weight is 267 g/mol. The lowest BCUT2D eigenvalue weighted by Gasteiger charge is -2.28. The number of oxime groups is 1. The van der Waals surface area contributed by atoms with Gasteiger partial charge in [0, 0.05) is 0 Å². The molecule has 0 spiro atoms. The monoisotopic (exact) mass is 267 g/mol. The highest BCUT2D eigenvalue weighted by molar-refractivity contribution is 6.00. The van der Waals surface area contributed by atoms with Gasteiger partial charge in [0.05, 0.1) is 11.1 Å². The Bertz CT molecular complexity index is 517. The van der Waals surface area contributed by atoms with Crippen molar-refractivity contribution in [1.82, 2.24) is 5.32 Å². The minimum atomic E-state index is -1.03. The molecule has 0 aliphatic carbocycles. The first-order valence-electron chi connectivity index (χ1n) is 5.90. The van der Waals surface area contributed by atoms with E-state index in [1.807, 2.05) is 0 Å². The van der Waals surface area contributed by atoms with Crippen LogP contribution in [0.15, 0.2) is 23.4 Å². The third-order valence-electron chi connectivity index (χ3n) is 3.14. The summed E-state index contributed by atoms with van der Waals surface area (Å²) in [6.45, 7) is 5.14. The first-order valence-corrected chi connectivity index (χ1v) is 5.90. The number of hydrogen-bond acceptors (Lipinski definition) is 3. The number of nitrogens with two attached hydrogens (primary N) is 1. The lowest BCUT2D eigenvalue weighted by atomic mass is 9.96. The smallest absolute Gasteiger partial charge is 0.255 e. The molecule has 1 unspecified atom stereocenters. The highest BCUT2D eigenvalue weighted by atomic mass is 19.1. The Balaban J connectivity index is 3.05. The lowest BCUT2D eigenvalue weighted by Crippen LogP contribution is -2.55. The second-order valence-electron chi connectivity index (χ2n) is 4.61. The maximum absolute atomic E-state index is 13.6. The van der Waals surface area contributed by atoms with Crippen molar-refractivity contribution < 1.29 is 14.4 Å². The Hall–Kier alpha value is -2.11. The zero-order valence-electron chi connectivity index (χ0n) is 11.2. The second kappa shape index (κ2) is 5.69. The van der Waals surface area contributed by atoms with E-state index >= 15 is 0 Å². The molecule has 5 nitrogen and oxygen atoms in total. The number of halogens is 1. The molecule has 1 aromatic rings. The standard InChI is InChI=1S/C13H18FN3O2/c1-4-13(3,12(15)17-19)16-11(18)9-7-8(2)5-6-10(9)14/h5-7,19H,4H2,1-3H3,(H2,15,17)(H,16,18). The maximum Gasteiger partial charge on any atom is 0.255 e. The number of amides is 1. The molecule has 0 radical (unpaired) electrons. The number of amidine groups is 1. The number of carbonyl (C=O) groups excluding carboxylic acids is 1. The Morgan fingerprint density at radius 1 is 1.58 bits per heavy atom. The van der Waals surface area contributed by atoms with Crippen molar-refractivity contribution in [3.63, 3.8) is 0 Å². The molecule has 104 valence electrons. The SMILES string of the molecule is CCC(C)(NC(=O)c1cc(C)ccc1F)C(N)=NO. The van der Waals surface area contributed by atoms with Crippen molar-refractivity contribution in [1.29, 1.82) is 0 Å². The summed E-state index contributed by atoms with van der Waals surface area (Å²) in [6.07, 6.45) is 0.405. The molecule has 0 saturated carbocycles. The lowest BCUT2D eigenvalue weighted by molar-refractivity contribution is 0.0920. The number of nitrogens with zero attached hydrogens (tertiary/aromatic N) is 1. The topological polar surface area (TPSA) is 87.7 Å². The zero-order chi connectivity index (χ0) is 14.6. The van der Waals surface area contributed by atoms with Crippen molar-refractivity contribution in [3.8, 4) is 0 Å². The number of hydrogen-bond donors (Lipinski definition) is 3. The van der Waals surface area contributed by atoms with Crippen LogP contribution in [0.1, 0.15) is 36.2 Å². The molecule has 0 aliphatic heterocycles. The minimum absolute atomic E-state index is 0.0644. The Morgan fingerprint density at radius 2 is 2.21 bits per heavy atom. The number of nitrogens with one attached hydrogen (secondary N) is 1. The van der Waals surface area contributed by atoms with E-state index in [0.717, 1.165) is 5.56 Å². The van der Waals surface area contributed by atoms with Crippen LogP contribution < -0.4 is 11.1 Å². The average Bonchev–Trinajstić information content (AvgIpc) is 2.40. The van der Waals surface area contributed by atoms with E-state index < -0.39 is 17.3 Å². The van der Waals surface area contributed by atoms with Gasteiger partial charge in [0.1, 0.15) is 5.82 Å². The third-order valence-corrected chi connectivity index (χ3v) is 3.14. The summed E-state index contributed by atoms with van der Waals surface area (Å²) in [7, 11) is 0. The van der Waals surface area contributed by atoms with Crippen molar-refractivity contribution in [2.75, 3.05) is 0 Å². The molecular weight excluding hydrogens is 249 g/mol. The number of aryl methyl sites for hydroxylation is 1. The van der Waals surface area contributed by atoms with Gasteiger partial charge in [0.2, 0.25) is 0 Å². The minimum Gasteiger partial charge on any atom is -0.409 e. The molecule has 0 fully saturated rings. The summed E-state index contributed by atoms with van der Waals surface area (Å²) in [4.78, 5) is 12.1. The summed E-state index contributed by atoms with van der Waals surface area (Å²) in [6, 6.07) is 4.26. The Kier molecular flexibility index (Phi) is 4.47. The zero-order valence-corrected chi connectivity index (χ0v) is 11.2. The molecule has 0 aromatic heterocycles. The largest absolute Gasteiger partial charge is 0.409 e. The highest BCUT2D eigenvalue weighted by Crippen LogP contribution is 2.14. The van der Waals surface area contributed by atoms with Gasteiger partial charge < -0.3 is 16.3 Å². The van der Waals surface area contributed by atoms with Crippen LogP contribution in [-0.4, -0.2) is 22.5 Å². The molecule has 1 amide bonds. The van der Waals surface area contributed by atoms with Crippen molar-refractivity contribution in [2.45, 2.75) is 32.7 Å². The van der Waals surface area contributed by atoms with E-state index in [1.165, 1.54) is 12.1 Å². The van der Waals surface area contributed by atoms with Crippen LogP contribution >= 0.6 is 0 Å². The predicted molar refractivity (Wildman–Crippen MR) is 70.7 cm³/mol. The van der Waals surface area contributed by atoms with Gasteiger partial charge in [0.25, 0.3) is 5.91 Å². The molecule has 4 N–H and O–H groups in total. The quantitative estimate of drug-likeness (QED) is 0.336. The number of carbonyl (C=O) groups is 1. The fourth-order valence-electron chi connectivity index (χ4n) is 1.57. The van der Waals surface area contributed by atoms with E-state index in [-0.39, 0.29) is 11.4 Å². The molecule has 0 heterocycles. The van der Waals surface area contributed by atoms with Crippen molar-refractivity contribution >= 4 is 11.7 Å². The second-order valence-corrected chi connectivity index (χ2v) is 4.61. The first kappa shape index (κ1) is 14.9. The summed E-state index contributed by atoms with van der Waals surface area (Å²) in [5.41, 5.74) is 5.23. The molecule has 0 aliphatic rings. The van der Waals surface area contributed by atoms with Crippen molar-refractivity contribution in [2.24, 2.45) is 10.9 Å². The highest BCUT2D eigenvalue weighted by Gasteiger charge is 2.30. The normalized spacial score (nSPS) is 14.8. The van der Waals surface area contributed by atoms with Gasteiger partial charge >= 0.3 is 0 Å². The van der Waals surface area contributed by atoms with Gasteiger partial charge in [-0.15, -0.1) is 0 Å². The summed E-state index contributed by atoms with van der Waals surface area (Å²) in [5, 5.41) is 14.2. The van der Waals surface area contributed by atoms with Crippen LogP contribution in [0.5, 0.6) is 0 Å². The van der Waals surface area contributed by atoms with Crippen LogP contribution in [0.3, 0.4) is 0 Å². The number of rotatable bonds is 4. The van der Waals surface area contributed by atoms with Crippen LogP contribution in [0.4, 0.5) is 4.39 Å². The van der Waals surface area contributed by atoms with E-state index in [9.17, 15) is 9.18 Å². The van der Waals surface area contributed by atoms with Gasteiger partial charge in [0.15, 0.2) is 5.84 Å². The van der Waals surface area contributed by atoms with Crippen LogP contribution in [0, 0.1) is 12.7 Å². The van der Waals surface area contributed by atoms with Gasteiger partial charge in [-0.3, -0.25) is 4.79 Å². The fraction of sp³-hybridized carbons (Fsp3) is 0.385. The maximum atomic E-state index is 13.6. The first-order chi connectivity index (χ1) is 8.84. The molecule has 1 aromatic carbocycles. The van der Waals surface area contributed by atoms with E-state index in [2.05, 4.69) is 10.5 Å². The summed E-state index contributed by atoms with van der Waals surface area (Å²) in [5.74, 6) is -1.34. The Morgan fingerprint density at radius 3 is 2.74 bits per heavy atom. The van der Waals surface area contributed by atoms with Crippen LogP contribution in [0.25, 0.3) is 0 Å². The summed E-state index contributed by atoms with van der Waals surface area (Å²) >= 11 is 0. The van der Waals surface area contributed by atoms with E-state index in [1.54, 1.807) is 26.8 Å². The van der Waals surface area contributed by atoms with Gasteiger partial charge in [-0.2, -0.15) is 0 Å².